The molecule has 1 saturated carbocycles. The highest BCUT2D eigenvalue weighted by Gasteiger charge is 2.65. The van der Waals surface area contributed by atoms with Crippen molar-refractivity contribution in [3.8, 4) is 17.2 Å². The Bertz CT molecular complexity index is 1970. The number of fused-ring (bicyclic) bond motifs is 2. The second-order valence-corrected chi connectivity index (χ2v) is 17.1. The number of aryl methyl sites for hydroxylation is 1. The van der Waals surface area contributed by atoms with E-state index >= 15 is 0 Å². The van der Waals surface area contributed by atoms with Gasteiger partial charge < -0.3 is 38.9 Å². The predicted molar refractivity (Wildman–Crippen MR) is 229 cm³/mol. The number of likely N-dealkylation sites (N-methyl/N-ethyl adjacent to an activating group) is 1. The summed E-state index contributed by atoms with van der Waals surface area (Å²) in [6.07, 6.45) is 9.30. The van der Waals surface area contributed by atoms with Crippen molar-refractivity contribution in [1.82, 2.24) is 9.88 Å². The molecule has 318 valence electrons. The van der Waals surface area contributed by atoms with E-state index in [0.717, 1.165) is 59.5 Å². The van der Waals surface area contributed by atoms with Gasteiger partial charge in [0.05, 0.1) is 37.5 Å². The molecule has 0 spiro atoms. The van der Waals surface area contributed by atoms with Gasteiger partial charge in [0.15, 0.2) is 0 Å². The van der Waals surface area contributed by atoms with Gasteiger partial charge in [-0.05, 0) is 119 Å². The normalized spacial score (nSPS) is 24.0. The van der Waals surface area contributed by atoms with Crippen molar-refractivity contribution in [1.29, 1.82) is 0 Å². The Hall–Kier alpha value is -4.71. The van der Waals surface area contributed by atoms with Crippen molar-refractivity contribution in [2.45, 2.75) is 109 Å². The van der Waals surface area contributed by atoms with Gasteiger partial charge in [0.25, 0.3) is 0 Å². The van der Waals surface area contributed by atoms with Crippen molar-refractivity contribution < 1.29 is 38.8 Å². The van der Waals surface area contributed by atoms with Crippen LogP contribution < -0.4 is 14.2 Å². The highest BCUT2D eigenvalue weighted by atomic mass is 16.7. The molecule has 0 unspecified atom stereocenters. The number of pyridine rings is 1. The summed E-state index contributed by atoms with van der Waals surface area (Å²) in [6, 6.07) is 18.8. The van der Waals surface area contributed by atoms with E-state index in [2.05, 4.69) is 23.7 Å². The number of aliphatic hydroxyl groups excluding tert-OH is 2. The topological polar surface area (TPSA) is 132 Å². The summed E-state index contributed by atoms with van der Waals surface area (Å²) in [7, 11) is 3.44. The van der Waals surface area contributed by atoms with Crippen LogP contribution in [-0.2, 0) is 27.4 Å². The predicted octanol–water partition coefficient (Wildman–Crippen LogP) is 8.11. The molecule has 0 saturated heterocycles. The van der Waals surface area contributed by atoms with Crippen molar-refractivity contribution in [3.63, 3.8) is 0 Å². The number of aromatic nitrogens is 1. The molecular weight excluding hydrogens is 747 g/mol. The van der Waals surface area contributed by atoms with Crippen LogP contribution >= 0.6 is 0 Å². The Balaban J connectivity index is 1.53. The number of benzene rings is 2. The van der Waals surface area contributed by atoms with Crippen LogP contribution in [-0.4, -0.2) is 83.1 Å². The maximum absolute atomic E-state index is 14.5. The van der Waals surface area contributed by atoms with Crippen molar-refractivity contribution in [2.75, 3.05) is 34.0 Å². The van der Waals surface area contributed by atoms with Crippen molar-refractivity contribution >= 4 is 11.6 Å². The molecule has 1 amide bonds. The smallest absolute Gasteiger partial charge is 0.239 e. The van der Waals surface area contributed by atoms with Gasteiger partial charge in [-0.15, -0.1) is 6.58 Å². The lowest BCUT2D eigenvalue weighted by atomic mass is 9.55. The summed E-state index contributed by atoms with van der Waals surface area (Å²) in [5.41, 5.74) is 4.76. The Morgan fingerprint density at radius 3 is 2.51 bits per heavy atom. The van der Waals surface area contributed by atoms with E-state index in [1.807, 2.05) is 89.3 Å². The van der Waals surface area contributed by atoms with Gasteiger partial charge in [0.2, 0.25) is 11.7 Å². The molecule has 1 aliphatic heterocycles. The van der Waals surface area contributed by atoms with E-state index in [0.29, 0.717) is 43.1 Å². The zero-order chi connectivity index (χ0) is 42.2. The molecule has 0 bridgehead atoms. The number of allylic oxidation sites excluding steroid dienone is 1. The van der Waals surface area contributed by atoms with E-state index in [4.69, 9.17) is 28.9 Å². The molecule has 1 aromatic heterocycles. The molecule has 59 heavy (non-hydrogen) atoms. The minimum Gasteiger partial charge on any atom is -0.497 e. The van der Waals surface area contributed by atoms with Gasteiger partial charge in [-0.3, -0.25) is 9.78 Å². The lowest BCUT2D eigenvalue weighted by Gasteiger charge is -2.59. The summed E-state index contributed by atoms with van der Waals surface area (Å²) < 4.78 is 26.2. The van der Waals surface area contributed by atoms with E-state index < -0.39 is 23.3 Å². The molecule has 6 atom stereocenters. The molecule has 1 fully saturated rings. The number of oxime groups is 1. The van der Waals surface area contributed by atoms with Gasteiger partial charge in [0.1, 0.15) is 35.5 Å². The number of amides is 1. The van der Waals surface area contributed by atoms with E-state index in [1.54, 1.807) is 18.1 Å². The fourth-order valence-electron chi connectivity index (χ4n) is 9.10. The first kappa shape index (κ1) is 43.9. The second kappa shape index (κ2) is 19.6. The highest BCUT2D eigenvalue weighted by molar-refractivity contribution is 6.03. The number of rotatable bonds is 19. The lowest BCUT2D eigenvalue weighted by molar-refractivity contribution is -0.255. The van der Waals surface area contributed by atoms with Crippen molar-refractivity contribution in [2.24, 2.45) is 22.9 Å². The third kappa shape index (κ3) is 10.2. The largest absolute Gasteiger partial charge is 0.497 e. The summed E-state index contributed by atoms with van der Waals surface area (Å²) >= 11 is 0. The number of methoxy groups -OCH3 is 1. The number of aliphatic hydroxyl groups is 2. The Morgan fingerprint density at radius 2 is 1.80 bits per heavy atom. The second-order valence-electron chi connectivity index (χ2n) is 17.1. The van der Waals surface area contributed by atoms with Crippen LogP contribution in [0, 0.1) is 24.7 Å². The lowest BCUT2D eigenvalue weighted by Crippen LogP contribution is -2.69. The van der Waals surface area contributed by atoms with Crippen LogP contribution in [0.4, 0.5) is 0 Å². The monoisotopic (exact) mass is 809 g/mol. The molecule has 3 aliphatic rings. The molecule has 0 radical (unpaired) electrons. The highest BCUT2D eigenvalue weighted by Crippen LogP contribution is 2.62. The average Bonchev–Trinajstić information content (AvgIpc) is 3.22. The molecule has 11 nitrogen and oxygen atoms in total. The fraction of sp³-hybridized carbons (Fsp3) is 0.521. The number of ether oxygens (including phenoxy) is 4. The van der Waals surface area contributed by atoms with Crippen LogP contribution in [0.15, 0.2) is 90.1 Å². The minimum atomic E-state index is -1.34. The fourth-order valence-corrected chi connectivity index (χ4v) is 9.10. The van der Waals surface area contributed by atoms with Crippen LogP contribution in [0.3, 0.4) is 0 Å². The zero-order valence-electron chi connectivity index (χ0n) is 35.7. The van der Waals surface area contributed by atoms with Gasteiger partial charge in [-0.2, -0.15) is 0 Å². The first-order chi connectivity index (χ1) is 28.4. The third-order valence-corrected chi connectivity index (χ3v) is 11.8. The van der Waals surface area contributed by atoms with E-state index in [9.17, 15) is 15.0 Å². The molecule has 2 N–H and O–H groups in total. The first-order valence-corrected chi connectivity index (χ1v) is 21.1. The average molecular weight is 810 g/mol. The maximum Gasteiger partial charge on any atom is 0.239 e. The first-order valence-electron chi connectivity index (χ1n) is 21.1. The number of unbranched alkanes of at least 4 members (excludes halogenated alkanes) is 2. The molecule has 2 aliphatic carbocycles. The van der Waals surface area contributed by atoms with Gasteiger partial charge in [-0.1, -0.05) is 48.3 Å². The third-order valence-electron chi connectivity index (χ3n) is 11.8. The Labute approximate surface area is 350 Å². The number of hydrogen-bond acceptors (Lipinski definition) is 10. The summed E-state index contributed by atoms with van der Waals surface area (Å²) in [4.78, 5) is 27.2. The molecule has 2 aromatic carbocycles. The standard InChI is InChI=1S/C48H63N3O8/c1-8-25-57-48-43(51(6)44(54)27-33-16-14-19-36(26-33)55-7)30-41(50-59-47(3,4)5)39-28-34(17-9-11-23-52)38(20-10-12-24-53)45(46(39)48)40-29-37(21-22-42(40)58-48)56-31-35-18-13-15-32(2)49-35/h8,13-16,18-19,21-22,26,28-29,34,38,43,45-46,52-53H,1,9-12,17,20,23-25,27,30-31H2,2-7H3/t34-,38+,43-,45+,46+,48+/m0/s1. The Kier molecular flexibility index (Phi) is 14.5. The summed E-state index contributed by atoms with van der Waals surface area (Å²) in [5, 5.41) is 24.7. The molecule has 3 aromatic rings. The summed E-state index contributed by atoms with van der Waals surface area (Å²) in [5.74, 6) is 0.242. The SMILES string of the molecule is C=CCO[C@@]12Oc3ccc(OCc4cccc(C)n4)cc3[C@H]3[C@H](CCCCO)[C@@H](CCCCO)C=C(C(=NOC(C)(C)C)C[C@@H]1N(C)C(=O)Cc1cccc(OC)c1)[C@H]32. The van der Waals surface area contributed by atoms with Crippen molar-refractivity contribution in [3.05, 3.63) is 107 Å². The number of nitrogens with zero attached hydrogens (tertiary/aromatic N) is 3. The number of carbonyl (C=O) groups is 1. The van der Waals surface area contributed by atoms with Crippen LogP contribution in [0.1, 0.15) is 94.1 Å². The van der Waals surface area contributed by atoms with Crippen LogP contribution in [0.2, 0.25) is 0 Å². The van der Waals surface area contributed by atoms with E-state index in [1.165, 1.54) is 0 Å². The quantitative estimate of drug-likeness (QED) is 0.0701. The van der Waals surface area contributed by atoms with Gasteiger partial charge in [0, 0.05) is 43.9 Å². The molecule has 2 heterocycles. The van der Waals surface area contributed by atoms with Gasteiger partial charge >= 0.3 is 0 Å². The summed E-state index contributed by atoms with van der Waals surface area (Å²) in [6.45, 7) is 12.6. The molecule has 6 rings (SSSR count). The number of carbonyl (C=O) groups excluding carboxylic acids is 1. The van der Waals surface area contributed by atoms with Crippen LogP contribution in [0.5, 0.6) is 17.2 Å². The zero-order valence-corrected chi connectivity index (χ0v) is 35.7. The molecule has 11 heteroatoms. The molecular formula is C48H63N3O8. The minimum absolute atomic E-state index is 0.0957. The maximum atomic E-state index is 14.5. The van der Waals surface area contributed by atoms with Gasteiger partial charge in [-0.25, -0.2) is 0 Å². The number of hydrogen-bond donors (Lipinski definition) is 2. The Morgan fingerprint density at radius 1 is 1.03 bits per heavy atom. The van der Waals surface area contributed by atoms with E-state index in [-0.39, 0.29) is 49.9 Å². The van der Waals surface area contributed by atoms with Crippen LogP contribution in [0.25, 0.3) is 0 Å².